The quantitative estimate of drug-likeness (QED) is 0.313. The van der Waals surface area contributed by atoms with Gasteiger partial charge in [0.25, 0.3) is 5.91 Å². The zero-order valence-electron chi connectivity index (χ0n) is 14.4. The molecule has 0 aromatic rings. The van der Waals surface area contributed by atoms with Crippen molar-refractivity contribution in [3.05, 3.63) is 0 Å². The summed E-state index contributed by atoms with van der Waals surface area (Å²) in [4.78, 5) is 30.2. The molecule has 1 aliphatic heterocycles. The Kier molecular flexibility index (Phi) is 5.26. The van der Waals surface area contributed by atoms with E-state index in [1.54, 1.807) is 0 Å². The van der Waals surface area contributed by atoms with Crippen LogP contribution in [0.4, 0.5) is 4.79 Å². The number of carbonyl (C=O) groups excluding carboxylic acids is 2. The van der Waals surface area contributed by atoms with Crippen molar-refractivity contribution >= 4 is 17.9 Å². The Balaban J connectivity index is 1.48. The molecule has 7 heteroatoms. The van der Waals surface area contributed by atoms with Crippen LogP contribution in [0.25, 0.3) is 0 Å². The van der Waals surface area contributed by atoms with E-state index in [-0.39, 0.29) is 11.9 Å². The fourth-order valence-electron chi connectivity index (χ4n) is 4.15. The molecule has 4 N–H and O–H groups in total. The third-order valence-corrected chi connectivity index (χ3v) is 5.52. The minimum atomic E-state index is -0.634. The summed E-state index contributed by atoms with van der Waals surface area (Å²) in [6.45, 7) is 0.639. The van der Waals surface area contributed by atoms with Crippen molar-refractivity contribution in [1.29, 1.82) is 0 Å². The molecule has 24 heavy (non-hydrogen) atoms. The Morgan fingerprint density at radius 2 is 1.83 bits per heavy atom. The van der Waals surface area contributed by atoms with Gasteiger partial charge in [-0.05, 0) is 25.7 Å². The first-order chi connectivity index (χ1) is 11.6. The van der Waals surface area contributed by atoms with Gasteiger partial charge in [0, 0.05) is 6.04 Å². The van der Waals surface area contributed by atoms with Gasteiger partial charge in [-0.25, -0.2) is 4.79 Å². The van der Waals surface area contributed by atoms with Crippen molar-refractivity contribution in [2.75, 3.05) is 13.1 Å². The molecule has 0 unspecified atom stereocenters. The highest BCUT2D eigenvalue weighted by Gasteiger charge is 2.52. The molecule has 3 rings (SSSR count). The maximum Gasteiger partial charge on any atom is 0.325 e. The van der Waals surface area contributed by atoms with Crippen LogP contribution < -0.4 is 16.4 Å². The minimum Gasteiger partial charge on any atom is -0.370 e. The van der Waals surface area contributed by atoms with Crippen LogP contribution in [0.1, 0.15) is 64.2 Å². The molecular formula is C17H29N5O2. The van der Waals surface area contributed by atoms with Crippen LogP contribution in [0, 0.1) is 0 Å². The number of guanidine groups is 1. The fourth-order valence-corrected chi connectivity index (χ4v) is 4.15. The number of hydrogen-bond acceptors (Lipinski definition) is 3. The van der Waals surface area contributed by atoms with E-state index in [1.165, 1.54) is 30.6 Å². The van der Waals surface area contributed by atoms with Crippen LogP contribution in [-0.2, 0) is 4.79 Å². The molecule has 2 aliphatic carbocycles. The third kappa shape index (κ3) is 3.65. The van der Waals surface area contributed by atoms with E-state index in [2.05, 4.69) is 15.6 Å². The highest BCUT2D eigenvalue weighted by atomic mass is 16.2. The standard InChI is InChI=1S/C17H29N5O2/c18-15(20-13-7-3-1-2-4-8-13)19-11-12-22-14(23)17(21-16(22)24)9-5-6-10-17/h13H,1-12H2,(H,21,24)(H3,18,19,20). The fraction of sp³-hybridized carbons (Fsp3) is 0.824. The van der Waals surface area contributed by atoms with Gasteiger partial charge >= 0.3 is 6.03 Å². The normalized spacial score (nSPS) is 25.2. The van der Waals surface area contributed by atoms with E-state index in [4.69, 9.17) is 5.73 Å². The maximum absolute atomic E-state index is 12.5. The van der Waals surface area contributed by atoms with Gasteiger partial charge in [0.1, 0.15) is 5.54 Å². The van der Waals surface area contributed by atoms with Gasteiger partial charge in [-0.15, -0.1) is 0 Å². The number of imide groups is 1. The van der Waals surface area contributed by atoms with Crippen LogP contribution in [0.3, 0.4) is 0 Å². The lowest BCUT2D eigenvalue weighted by atomic mass is 9.98. The van der Waals surface area contributed by atoms with Crippen molar-refractivity contribution in [1.82, 2.24) is 15.5 Å². The zero-order valence-corrected chi connectivity index (χ0v) is 14.4. The second-order valence-corrected chi connectivity index (χ2v) is 7.28. The molecule has 134 valence electrons. The summed E-state index contributed by atoms with van der Waals surface area (Å²) < 4.78 is 0. The summed E-state index contributed by atoms with van der Waals surface area (Å²) in [5, 5.41) is 6.16. The molecular weight excluding hydrogens is 306 g/mol. The van der Waals surface area contributed by atoms with Gasteiger partial charge < -0.3 is 16.4 Å². The first kappa shape index (κ1) is 17.0. The van der Waals surface area contributed by atoms with Crippen molar-refractivity contribution in [2.45, 2.75) is 75.8 Å². The summed E-state index contributed by atoms with van der Waals surface area (Å²) in [7, 11) is 0. The monoisotopic (exact) mass is 335 g/mol. The van der Waals surface area contributed by atoms with Gasteiger partial charge in [0.05, 0.1) is 13.1 Å². The van der Waals surface area contributed by atoms with Crippen molar-refractivity contribution < 1.29 is 9.59 Å². The van der Waals surface area contributed by atoms with E-state index in [0.717, 1.165) is 38.5 Å². The van der Waals surface area contributed by atoms with Crippen LogP contribution >= 0.6 is 0 Å². The van der Waals surface area contributed by atoms with Crippen LogP contribution in [-0.4, -0.2) is 47.5 Å². The highest BCUT2D eigenvalue weighted by Crippen LogP contribution is 2.34. The van der Waals surface area contributed by atoms with E-state index < -0.39 is 5.54 Å². The Hall–Kier alpha value is -1.79. The van der Waals surface area contributed by atoms with Crippen molar-refractivity contribution in [2.24, 2.45) is 10.7 Å². The first-order valence-electron chi connectivity index (χ1n) is 9.31. The van der Waals surface area contributed by atoms with Crippen LogP contribution in [0.2, 0.25) is 0 Å². The number of amides is 3. The maximum atomic E-state index is 12.5. The van der Waals surface area contributed by atoms with Gasteiger partial charge in [0.2, 0.25) is 0 Å². The predicted octanol–water partition coefficient (Wildman–Crippen LogP) is 1.48. The third-order valence-electron chi connectivity index (χ3n) is 5.52. The molecule has 2 saturated carbocycles. The molecule has 1 saturated heterocycles. The number of nitrogens with two attached hydrogens (primary N) is 1. The lowest BCUT2D eigenvalue weighted by Gasteiger charge is -2.20. The number of hydrogen-bond donors (Lipinski definition) is 3. The smallest absolute Gasteiger partial charge is 0.325 e. The van der Waals surface area contributed by atoms with Gasteiger partial charge in [-0.3, -0.25) is 14.7 Å². The molecule has 1 heterocycles. The Bertz CT molecular complexity index is 505. The summed E-state index contributed by atoms with van der Waals surface area (Å²) in [5.41, 5.74) is 5.33. The molecule has 0 radical (unpaired) electrons. The van der Waals surface area contributed by atoms with Crippen LogP contribution in [0.5, 0.6) is 0 Å². The number of urea groups is 1. The molecule has 1 spiro atoms. The number of nitrogens with zero attached hydrogens (tertiary/aromatic N) is 2. The molecule has 3 fully saturated rings. The lowest BCUT2D eigenvalue weighted by molar-refractivity contribution is -0.131. The average molecular weight is 335 g/mol. The van der Waals surface area contributed by atoms with E-state index in [1.807, 2.05) is 0 Å². The minimum absolute atomic E-state index is 0.0875. The molecule has 0 bridgehead atoms. The topological polar surface area (TPSA) is 99.8 Å². The SMILES string of the molecule is NC(=NCCN1C(=O)NC2(CCCC2)C1=O)NC1CCCCCC1. The highest BCUT2D eigenvalue weighted by molar-refractivity contribution is 6.07. The summed E-state index contributed by atoms with van der Waals surface area (Å²) >= 11 is 0. The van der Waals surface area contributed by atoms with Gasteiger partial charge in [-0.1, -0.05) is 38.5 Å². The second kappa shape index (κ2) is 7.40. The molecule has 0 aromatic heterocycles. The summed E-state index contributed by atoms with van der Waals surface area (Å²) in [6, 6.07) is 0.113. The van der Waals surface area contributed by atoms with Crippen LogP contribution in [0.15, 0.2) is 4.99 Å². The van der Waals surface area contributed by atoms with Crippen molar-refractivity contribution in [3.8, 4) is 0 Å². The Morgan fingerprint density at radius 1 is 1.17 bits per heavy atom. The number of aliphatic imine (C=N–C) groups is 1. The van der Waals surface area contributed by atoms with E-state index in [0.29, 0.717) is 25.1 Å². The second-order valence-electron chi connectivity index (χ2n) is 7.28. The largest absolute Gasteiger partial charge is 0.370 e. The lowest BCUT2D eigenvalue weighted by Crippen LogP contribution is -2.44. The van der Waals surface area contributed by atoms with Gasteiger partial charge in [-0.2, -0.15) is 0 Å². The Labute approximate surface area is 143 Å². The van der Waals surface area contributed by atoms with E-state index >= 15 is 0 Å². The molecule has 0 atom stereocenters. The Morgan fingerprint density at radius 3 is 2.50 bits per heavy atom. The number of carbonyl (C=O) groups is 2. The molecule has 3 aliphatic rings. The van der Waals surface area contributed by atoms with Crippen molar-refractivity contribution in [3.63, 3.8) is 0 Å². The number of rotatable bonds is 4. The number of nitrogens with one attached hydrogen (secondary N) is 2. The molecule has 0 aromatic carbocycles. The predicted molar refractivity (Wildman–Crippen MR) is 92.6 cm³/mol. The molecule has 3 amide bonds. The van der Waals surface area contributed by atoms with E-state index in [9.17, 15) is 9.59 Å². The summed E-state index contributed by atoms with van der Waals surface area (Å²) in [5.74, 6) is 0.333. The zero-order chi connectivity index (χ0) is 17.0. The first-order valence-corrected chi connectivity index (χ1v) is 9.31. The summed E-state index contributed by atoms with van der Waals surface area (Å²) in [6.07, 6.45) is 10.8. The molecule has 7 nitrogen and oxygen atoms in total. The average Bonchev–Trinajstić information content (AvgIpc) is 2.99. The van der Waals surface area contributed by atoms with Gasteiger partial charge in [0.15, 0.2) is 5.96 Å².